The molecule has 1 aromatic rings. The Balaban J connectivity index is 1.34. The number of hydrogen-bond acceptors (Lipinski definition) is 4. The van der Waals surface area contributed by atoms with Crippen LogP contribution in [0.2, 0.25) is 0 Å². The Morgan fingerprint density at radius 2 is 1.93 bits per heavy atom. The largest absolute Gasteiger partial charge is 0.481 e. The van der Waals surface area contributed by atoms with Crippen LogP contribution in [0, 0.1) is 10.8 Å². The number of ether oxygens (including phenoxy) is 1. The highest BCUT2D eigenvalue weighted by molar-refractivity contribution is 6.05. The Kier molecular flexibility index (Phi) is 5.57. The minimum Gasteiger partial charge on any atom is -0.481 e. The van der Waals surface area contributed by atoms with Crippen molar-refractivity contribution in [3.05, 3.63) is 35.9 Å². The van der Waals surface area contributed by atoms with E-state index in [9.17, 15) is 9.90 Å². The van der Waals surface area contributed by atoms with Crippen molar-refractivity contribution in [2.75, 3.05) is 39.9 Å². The maximum Gasteiger partial charge on any atom is 0.310 e. The Labute approximate surface area is 167 Å². The molecule has 0 spiro atoms. The van der Waals surface area contributed by atoms with Gasteiger partial charge in [0.15, 0.2) is 0 Å². The zero-order valence-corrected chi connectivity index (χ0v) is 16.9. The van der Waals surface area contributed by atoms with E-state index in [1.807, 2.05) is 0 Å². The lowest BCUT2D eigenvalue weighted by molar-refractivity contribution is -0.156. The quantitative estimate of drug-likeness (QED) is 0.744. The second kappa shape index (κ2) is 7.96. The fourth-order valence-electron chi connectivity index (χ4n) is 4.90. The van der Waals surface area contributed by atoms with Crippen LogP contribution in [0.3, 0.4) is 0 Å². The average Bonchev–Trinajstić information content (AvgIpc) is 3.45. The van der Waals surface area contributed by atoms with Gasteiger partial charge in [0.2, 0.25) is 0 Å². The molecule has 1 unspecified atom stereocenters. The summed E-state index contributed by atoms with van der Waals surface area (Å²) in [5, 5.41) is 9.61. The summed E-state index contributed by atoms with van der Waals surface area (Å²) >= 11 is 0. The number of carboxylic acid groups (broad SMARTS) is 1. The van der Waals surface area contributed by atoms with E-state index in [4.69, 9.17) is 9.73 Å². The molecule has 4 rings (SSSR count). The van der Waals surface area contributed by atoms with Crippen LogP contribution in [0.5, 0.6) is 0 Å². The Morgan fingerprint density at radius 3 is 2.50 bits per heavy atom. The first-order valence-electron chi connectivity index (χ1n) is 10.6. The van der Waals surface area contributed by atoms with Crippen LogP contribution in [0.1, 0.15) is 50.0 Å². The molecule has 2 saturated carbocycles. The third kappa shape index (κ3) is 4.01. The number of likely N-dealkylation sites (tertiary alicyclic amines) is 1. The molecular weight excluding hydrogens is 352 g/mol. The van der Waals surface area contributed by atoms with Gasteiger partial charge in [0.1, 0.15) is 0 Å². The first kappa shape index (κ1) is 19.6. The van der Waals surface area contributed by atoms with Crippen molar-refractivity contribution < 1.29 is 14.6 Å². The zero-order chi connectivity index (χ0) is 19.6. The van der Waals surface area contributed by atoms with Gasteiger partial charge in [-0.3, -0.25) is 9.79 Å². The monoisotopic (exact) mass is 384 g/mol. The Hall–Kier alpha value is -1.72. The van der Waals surface area contributed by atoms with Gasteiger partial charge in [-0.25, -0.2) is 0 Å². The molecule has 3 fully saturated rings. The summed E-state index contributed by atoms with van der Waals surface area (Å²) in [5.74, 6) is -0.102. The maximum atomic E-state index is 11.7. The highest BCUT2D eigenvalue weighted by Crippen LogP contribution is 2.44. The second-order valence-electron chi connectivity index (χ2n) is 9.12. The van der Waals surface area contributed by atoms with Crippen LogP contribution in [0.4, 0.5) is 0 Å². The van der Waals surface area contributed by atoms with Crippen LogP contribution < -0.4 is 0 Å². The molecule has 1 saturated heterocycles. The topological polar surface area (TPSA) is 62.1 Å². The molecule has 0 amide bonds. The van der Waals surface area contributed by atoms with Crippen molar-refractivity contribution in [1.82, 2.24) is 4.90 Å². The summed E-state index contributed by atoms with van der Waals surface area (Å²) in [6, 6.07) is 10.6. The lowest BCUT2D eigenvalue weighted by Crippen LogP contribution is -2.52. The molecule has 152 valence electrons. The zero-order valence-electron chi connectivity index (χ0n) is 16.9. The summed E-state index contributed by atoms with van der Waals surface area (Å²) in [6.45, 7) is 4.17. The number of aliphatic carboxylic acids is 1. The van der Waals surface area contributed by atoms with Crippen molar-refractivity contribution in [1.29, 1.82) is 0 Å². The molecule has 1 atom stereocenters. The summed E-state index contributed by atoms with van der Waals surface area (Å²) in [6.07, 6.45) is 5.86. The molecule has 1 N–H and O–H groups in total. The van der Waals surface area contributed by atoms with E-state index in [0.717, 1.165) is 64.8 Å². The number of methoxy groups -OCH3 is 1. The van der Waals surface area contributed by atoms with Crippen molar-refractivity contribution in [2.24, 2.45) is 15.8 Å². The van der Waals surface area contributed by atoms with Crippen molar-refractivity contribution in [3.8, 4) is 0 Å². The Bertz CT molecular complexity index is 719. The molecule has 1 heterocycles. The van der Waals surface area contributed by atoms with Crippen molar-refractivity contribution in [3.63, 3.8) is 0 Å². The molecule has 0 radical (unpaired) electrons. The van der Waals surface area contributed by atoms with Gasteiger partial charge in [-0.1, -0.05) is 36.8 Å². The summed E-state index contributed by atoms with van der Waals surface area (Å²) in [4.78, 5) is 19.0. The lowest BCUT2D eigenvalue weighted by Gasteiger charge is -2.46. The number of rotatable bonds is 8. The fourth-order valence-corrected chi connectivity index (χ4v) is 4.90. The van der Waals surface area contributed by atoms with Gasteiger partial charge in [0, 0.05) is 37.2 Å². The normalized spacial score (nSPS) is 27.3. The van der Waals surface area contributed by atoms with Gasteiger partial charge < -0.3 is 14.7 Å². The molecule has 28 heavy (non-hydrogen) atoms. The number of benzene rings is 1. The summed E-state index contributed by atoms with van der Waals surface area (Å²) in [7, 11) is 1.78. The SMILES string of the molecule is COCC1(CN=C2CC2c2ccccc2)CCN(CC2(C(=O)O)CCC2)CC1. The second-order valence-corrected chi connectivity index (χ2v) is 9.12. The first-order chi connectivity index (χ1) is 13.6. The van der Waals surface area contributed by atoms with Crippen LogP contribution in [-0.4, -0.2) is 61.6 Å². The highest BCUT2D eigenvalue weighted by atomic mass is 16.5. The van der Waals surface area contributed by atoms with Crippen molar-refractivity contribution >= 4 is 11.7 Å². The van der Waals surface area contributed by atoms with Gasteiger partial charge in [0.05, 0.1) is 12.0 Å². The minimum absolute atomic E-state index is 0.0953. The average molecular weight is 385 g/mol. The number of piperidine rings is 1. The molecule has 0 bridgehead atoms. The van der Waals surface area contributed by atoms with E-state index >= 15 is 0 Å². The first-order valence-corrected chi connectivity index (χ1v) is 10.6. The van der Waals surface area contributed by atoms with Crippen LogP contribution >= 0.6 is 0 Å². The molecule has 0 aromatic heterocycles. The number of nitrogens with zero attached hydrogens (tertiary/aromatic N) is 2. The van der Waals surface area contributed by atoms with Crippen LogP contribution in [0.25, 0.3) is 0 Å². The van der Waals surface area contributed by atoms with Gasteiger partial charge in [0.25, 0.3) is 0 Å². The van der Waals surface area contributed by atoms with E-state index in [1.54, 1.807) is 7.11 Å². The highest BCUT2D eigenvalue weighted by Gasteiger charge is 2.47. The molecular formula is C23H32N2O3. The molecule has 3 aliphatic rings. The van der Waals surface area contributed by atoms with E-state index in [0.29, 0.717) is 12.5 Å². The predicted molar refractivity (Wildman–Crippen MR) is 110 cm³/mol. The van der Waals surface area contributed by atoms with Gasteiger partial charge in [-0.15, -0.1) is 0 Å². The number of carboxylic acids is 1. The van der Waals surface area contributed by atoms with Crippen LogP contribution in [0.15, 0.2) is 35.3 Å². The summed E-state index contributed by atoms with van der Waals surface area (Å²) in [5.41, 5.74) is 2.30. The van der Waals surface area contributed by atoms with Gasteiger partial charge in [-0.05, 0) is 50.8 Å². The molecule has 1 aromatic carbocycles. The van der Waals surface area contributed by atoms with E-state index < -0.39 is 11.4 Å². The third-order valence-corrected chi connectivity index (χ3v) is 7.13. The molecule has 5 nitrogen and oxygen atoms in total. The van der Waals surface area contributed by atoms with Crippen molar-refractivity contribution in [2.45, 2.75) is 44.4 Å². The van der Waals surface area contributed by atoms with E-state index in [1.165, 1.54) is 11.3 Å². The standard InChI is InChI=1S/C23H32N2O3/c1-28-17-22(15-24-20-14-19(20)18-6-3-2-4-7-18)10-12-25(13-11-22)16-23(21(26)27)8-5-9-23/h2-4,6-7,19H,5,8-17H2,1H3,(H,26,27). The fraction of sp³-hybridized carbons (Fsp3) is 0.652. The lowest BCUT2D eigenvalue weighted by atomic mass is 9.68. The molecule has 1 aliphatic heterocycles. The van der Waals surface area contributed by atoms with E-state index in [-0.39, 0.29) is 5.41 Å². The van der Waals surface area contributed by atoms with Gasteiger partial charge >= 0.3 is 5.97 Å². The summed E-state index contributed by atoms with van der Waals surface area (Å²) < 4.78 is 5.57. The minimum atomic E-state index is -0.612. The Morgan fingerprint density at radius 1 is 1.21 bits per heavy atom. The number of aliphatic imine (C=N–C) groups is 1. The predicted octanol–water partition coefficient (Wildman–Crippen LogP) is 3.60. The number of hydrogen-bond donors (Lipinski definition) is 1. The molecule has 5 heteroatoms. The van der Waals surface area contributed by atoms with Crippen LogP contribution in [-0.2, 0) is 9.53 Å². The molecule has 2 aliphatic carbocycles. The smallest absolute Gasteiger partial charge is 0.310 e. The number of carbonyl (C=O) groups is 1. The third-order valence-electron chi connectivity index (χ3n) is 7.13. The van der Waals surface area contributed by atoms with E-state index in [2.05, 4.69) is 35.2 Å². The van der Waals surface area contributed by atoms with Gasteiger partial charge in [-0.2, -0.15) is 0 Å². The maximum absolute atomic E-state index is 11.7.